The van der Waals surface area contributed by atoms with Crippen molar-refractivity contribution in [2.75, 3.05) is 5.73 Å². The van der Waals surface area contributed by atoms with E-state index in [0.29, 0.717) is 5.69 Å². The van der Waals surface area contributed by atoms with E-state index in [1.807, 2.05) is 12.1 Å². The van der Waals surface area contributed by atoms with Crippen molar-refractivity contribution >= 4 is 15.7 Å². The van der Waals surface area contributed by atoms with Gasteiger partial charge < -0.3 is 5.73 Å². The van der Waals surface area contributed by atoms with Gasteiger partial charge in [-0.25, -0.2) is 13.1 Å². The van der Waals surface area contributed by atoms with Crippen LogP contribution in [0.25, 0.3) is 0 Å². The SMILES string of the molecule is Nc1ccc(S(=O)(=O)NC2CCc3ccccc3C2)cc1. The molecule has 3 N–H and O–H groups in total. The van der Waals surface area contributed by atoms with E-state index in [0.717, 1.165) is 19.3 Å². The molecule has 0 fully saturated rings. The third-order valence-corrected chi connectivity index (χ3v) is 5.40. The maximum atomic E-state index is 12.4. The van der Waals surface area contributed by atoms with E-state index in [2.05, 4.69) is 16.9 Å². The van der Waals surface area contributed by atoms with Crippen LogP contribution in [0.5, 0.6) is 0 Å². The van der Waals surface area contributed by atoms with Crippen molar-refractivity contribution in [2.24, 2.45) is 0 Å². The summed E-state index contributed by atoms with van der Waals surface area (Å²) in [6.45, 7) is 0. The molecule has 5 heteroatoms. The number of aryl methyl sites for hydroxylation is 1. The molecule has 0 saturated carbocycles. The van der Waals surface area contributed by atoms with Crippen molar-refractivity contribution in [3.63, 3.8) is 0 Å². The number of hydrogen-bond acceptors (Lipinski definition) is 3. The summed E-state index contributed by atoms with van der Waals surface area (Å²) < 4.78 is 27.5. The topological polar surface area (TPSA) is 72.2 Å². The molecular weight excluding hydrogens is 284 g/mol. The van der Waals surface area contributed by atoms with Crippen LogP contribution in [0.15, 0.2) is 53.4 Å². The predicted octanol–water partition coefficient (Wildman–Crippen LogP) is 2.10. The lowest BCUT2D eigenvalue weighted by molar-refractivity contribution is 0.507. The number of hydrogen-bond donors (Lipinski definition) is 2. The van der Waals surface area contributed by atoms with Gasteiger partial charge in [-0.2, -0.15) is 0 Å². The first-order valence-electron chi connectivity index (χ1n) is 6.99. The molecule has 0 saturated heterocycles. The van der Waals surface area contributed by atoms with E-state index in [9.17, 15) is 8.42 Å². The number of benzene rings is 2. The minimum Gasteiger partial charge on any atom is -0.399 e. The zero-order chi connectivity index (χ0) is 14.9. The Kier molecular flexibility index (Phi) is 3.69. The average molecular weight is 302 g/mol. The minimum atomic E-state index is -3.48. The summed E-state index contributed by atoms with van der Waals surface area (Å²) in [7, 11) is -3.48. The van der Waals surface area contributed by atoms with Gasteiger partial charge in [0, 0.05) is 11.7 Å². The molecular formula is C16H18N2O2S. The van der Waals surface area contributed by atoms with Crippen LogP contribution in [0, 0.1) is 0 Å². The number of fused-ring (bicyclic) bond motifs is 1. The lowest BCUT2D eigenvalue weighted by Gasteiger charge is -2.25. The molecule has 0 bridgehead atoms. The standard InChI is InChI=1S/C16H18N2O2S/c17-14-6-9-16(10-7-14)21(19,20)18-15-8-5-12-3-1-2-4-13(12)11-15/h1-4,6-7,9-10,15,18H,5,8,11,17H2. The molecule has 0 aromatic heterocycles. The second-order valence-electron chi connectivity index (χ2n) is 5.40. The second-order valence-corrected chi connectivity index (χ2v) is 7.11. The van der Waals surface area contributed by atoms with Gasteiger partial charge in [-0.15, -0.1) is 0 Å². The number of nitrogens with two attached hydrogens (primary N) is 1. The van der Waals surface area contributed by atoms with Crippen LogP contribution in [-0.4, -0.2) is 14.5 Å². The van der Waals surface area contributed by atoms with Crippen LogP contribution in [0.2, 0.25) is 0 Å². The van der Waals surface area contributed by atoms with Crippen molar-refractivity contribution < 1.29 is 8.42 Å². The highest BCUT2D eigenvalue weighted by Crippen LogP contribution is 2.22. The fraction of sp³-hybridized carbons (Fsp3) is 0.250. The third kappa shape index (κ3) is 3.09. The quantitative estimate of drug-likeness (QED) is 0.853. The molecule has 3 rings (SSSR count). The van der Waals surface area contributed by atoms with Crippen LogP contribution in [0.3, 0.4) is 0 Å². The molecule has 110 valence electrons. The first-order valence-corrected chi connectivity index (χ1v) is 8.47. The van der Waals surface area contributed by atoms with Gasteiger partial charge >= 0.3 is 0 Å². The molecule has 0 aliphatic heterocycles. The third-order valence-electron chi connectivity index (χ3n) is 3.86. The Morgan fingerprint density at radius 3 is 2.38 bits per heavy atom. The van der Waals surface area contributed by atoms with Crippen LogP contribution in [-0.2, 0) is 22.9 Å². The minimum absolute atomic E-state index is 0.0533. The highest BCUT2D eigenvalue weighted by atomic mass is 32.2. The van der Waals surface area contributed by atoms with Gasteiger partial charge in [0.05, 0.1) is 4.90 Å². The summed E-state index contributed by atoms with van der Waals surface area (Å²) in [5.74, 6) is 0. The maximum absolute atomic E-state index is 12.4. The monoisotopic (exact) mass is 302 g/mol. The Hall–Kier alpha value is -1.85. The molecule has 2 aromatic rings. The Morgan fingerprint density at radius 2 is 1.67 bits per heavy atom. The number of rotatable bonds is 3. The predicted molar refractivity (Wildman–Crippen MR) is 83.4 cm³/mol. The van der Waals surface area contributed by atoms with Gasteiger partial charge in [0.2, 0.25) is 10.0 Å². The van der Waals surface area contributed by atoms with E-state index in [4.69, 9.17) is 5.73 Å². The normalized spacial score (nSPS) is 18.2. The van der Waals surface area contributed by atoms with Crippen LogP contribution >= 0.6 is 0 Å². The van der Waals surface area contributed by atoms with Crippen LogP contribution in [0.4, 0.5) is 5.69 Å². The molecule has 1 atom stereocenters. The number of sulfonamides is 1. The van der Waals surface area contributed by atoms with E-state index < -0.39 is 10.0 Å². The van der Waals surface area contributed by atoms with Crippen LogP contribution < -0.4 is 10.5 Å². The van der Waals surface area contributed by atoms with E-state index in [-0.39, 0.29) is 10.9 Å². The van der Waals surface area contributed by atoms with Gasteiger partial charge in [0.25, 0.3) is 0 Å². The first kappa shape index (κ1) is 14.1. The molecule has 1 aliphatic rings. The molecule has 0 amide bonds. The number of anilines is 1. The highest BCUT2D eigenvalue weighted by molar-refractivity contribution is 7.89. The van der Waals surface area contributed by atoms with Gasteiger partial charge in [0.1, 0.15) is 0 Å². The van der Waals surface area contributed by atoms with E-state index in [1.165, 1.54) is 23.3 Å². The molecule has 0 heterocycles. The maximum Gasteiger partial charge on any atom is 0.240 e. The molecule has 0 radical (unpaired) electrons. The molecule has 1 aliphatic carbocycles. The molecule has 4 nitrogen and oxygen atoms in total. The fourth-order valence-electron chi connectivity index (χ4n) is 2.73. The number of nitrogen functional groups attached to an aromatic ring is 1. The fourth-order valence-corrected chi connectivity index (χ4v) is 4.00. The van der Waals surface area contributed by atoms with Crippen molar-refractivity contribution in [3.05, 3.63) is 59.7 Å². The summed E-state index contributed by atoms with van der Waals surface area (Å²) in [6, 6.07) is 14.4. The molecule has 2 aromatic carbocycles. The molecule has 1 unspecified atom stereocenters. The van der Waals surface area contributed by atoms with Gasteiger partial charge in [-0.1, -0.05) is 24.3 Å². The van der Waals surface area contributed by atoms with Crippen molar-refractivity contribution in [1.29, 1.82) is 0 Å². The van der Waals surface area contributed by atoms with Crippen molar-refractivity contribution in [2.45, 2.75) is 30.2 Å². The number of nitrogens with one attached hydrogen (secondary N) is 1. The van der Waals surface area contributed by atoms with Gasteiger partial charge in [0.15, 0.2) is 0 Å². The Bertz CT molecular complexity index is 739. The van der Waals surface area contributed by atoms with Gasteiger partial charge in [-0.05, 0) is 54.7 Å². The van der Waals surface area contributed by atoms with Crippen molar-refractivity contribution in [1.82, 2.24) is 4.72 Å². The largest absolute Gasteiger partial charge is 0.399 e. The smallest absolute Gasteiger partial charge is 0.240 e. The Balaban J connectivity index is 1.77. The zero-order valence-corrected chi connectivity index (χ0v) is 12.4. The summed E-state index contributed by atoms with van der Waals surface area (Å²) in [6.07, 6.45) is 2.47. The molecule has 0 spiro atoms. The first-order chi connectivity index (χ1) is 10.0. The Labute approximate surface area is 125 Å². The second kappa shape index (κ2) is 5.50. The highest BCUT2D eigenvalue weighted by Gasteiger charge is 2.24. The van der Waals surface area contributed by atoms with Gasteiger partial charge in [-0.3, -0.25) is 0 Å². The van der Waals surface area contributed by atoms with E-state index >= 15 is 0 Å². The van der Waals surface area contributed by atoms with Crippen LogP contribution in [0.1, 0.15) is 17.5 Å². The van der Waals surface area contributed by atoms with E-state index in [1.54, 1.807) is 12.1 Å². The zero-order valence-electron chi connectivity index (χ0n) is 11.6. The summed E-state index contributed by atoms with van der Waals surface area (Å²) in [4.78, 5) is 0.260. The summed E-state index contributed by atoms with van der Waals surface area (Å²) in [5.41, 5.74) is 8.70. The lowest BCUT2D eigenvalue weighted by Crippen LogP contribution is -2.38. The summed E-state index contributed by atoms with van der Waals surface area (Å²) in [5, 5.41) is 0. The Morgan fingerprint density at radius 1 is 1.00 bits per heavy atom. The van der Waals surface area contributed by atoms with Crippen molar-refractivity contribution in [3.8, 4) is 0 Å². The lowest BCUT2D eigenvalue weighted by atomic mass is 9.89. The average Bonchev–Trinajstić information content (AvgIpc) is 2.47. The summed E-state index contributed by atoms with van der Waals surface area (Å²) >= 11 is 0. The molecule has 21 heavy (non-hydrogen) atoms.